The van der Waals surface area contributed by atoms with E-state index in [2.05, 4.69) is 13.8 Å². The summed E-state index contributed by atoms with van der Waals surface area (Å²) in [7, 11) is 5.56. The summed E-state index contributed by atoms with van der Waals surface area (Å²) in [6, 6.07) is 5.83. The monoisotopic (exact) mass is 379 g/mol. The van der Waals surface area contributed by atoms with Crippen LogP contribution in [0.15, 0.2) is 23.3 Å². The molecule has 1 aliphatic heterocycles. The largest absolute Gasteiger partial charge is 0.493 e. The molecule has 0 saturated heterocycles. The lowest BCUT2D eigenvalue weighted by Crippen LogP contribution is -2.47. The minimum atomic E-state index is -0.0626. The lowest BCUT2D eigenvalue weighted by Gasteiger charge is -2.36. The number of hydrogen-bond donors (Lipinski definition) is 0. The van der Waals surface area contributed by atoms with E-state index in [1.54, 1.807) is 12.1 Å². The van der Waals surface area contributed by atoms with Crippen LogP contribution in [-0.2, 0) is 0 Å². The molecule has 0 radical (unpaired) electrons. The molecule has 1 aliphatic rings. The van der Waals surface area contributed by atoms with E-state index in [0.717, 1.165) is 24.1 Å². The first-order valence-electron chi connectivity index (χ1n) is 9.02. The summed E-state index contributed by atoms with van der Waals surface area (Å²) in [5.41, 5.74) is 1.86. The van der Waals surface area contributed by atoms with Crippen LogP contribution in [0.4, 0.5) is 4.79 Å². The number of hydrogen-bond acceptors (Lipinski definition) is 6. The van der Waals surface area contributed by atoms with Gasteiger partial charge in [-0.1, -0.05) is 25.6 Å². The highest BCUT2D eigenvalue weighted by atomic mass is 32.2. The number of nitrogens with zero attached hydrogens (tertiary/aromatic N) is 3. The van der Waals surface area contributed by atoms with Crippen LogP contribution in [-0.4, -0.2) is 60.1 Å². The Bertz CT molecular complexity index is 663. The van der Waals surface area contributed by atoms with Gasteiger partial charge in [-0.2, -0.15) is 5.10 Å². The number of methoxy groups -OCH3 is 1. The number of ether oxygens (including phenoxy) is 2. The Balaban J connectivity index is 2.47. The van der Waals surface area contributed by atoms with Crippen LogP contribution in [0.25, 0.3) is 0 Å². The van der Waals surface area contributed by atoms with Crippen molar-refractivity contribution in [1.82, 2.24) is 9.91 Å². The minimum absolute atomic E-state index is 0.000878. The number of carbonyl (C=O) groups is 1. The maximum Gasteiger partial charge on any atom is 0.303 e. The molecule has 0 fully saturated rings. The van der Waals surface area contributed by atoms with Gasteiger partial charge in [-0.3, -0.25) is 9.69 Å². The molecule has 26 heavy (non-hydrogen) atoms. The molecular weight excluding hydrogens is 350 g/mol. The summed E-state index contributed by atoms with van der Waals surface area (Å²) in [5.74, 6) is 1.39. The van der Waals surface area contributed by atoms with E-state index < -0.39 is 0 Å². The van der Waals surface area contributed by atoms with E-state index in [4.69, 9.17) is 14.6 Å². The van der Waals surface area contributed by atoms with Crippen molar-refractivity contribution >= 4 is 22.7 Å². The predicted octanol–water partition coefficient (Wildman–Crippen LogP) is 4.04. The SMILES string of the molecule is CCOc1ccc(C2=NN(C(CC)N(C)C)C(=O)SC2CC)cc1OC. The van der Waals surface area contributed by atoms with E-state index in [0.29, 0.717) is 18.1 Å². The third-order valence-corrected chi connectivity index (χ3v) is 5.55. The normalized spacial score (nSPS) is 18.7. The van der Waals surface area contributed by atoms with Crippen molar-refractivity contribution in [2.45, 2.75) is 45.0 Å². The smallest absolute Gasteiger partial charge is 0.303 e. The minimum Gasteiger partial charge on any atom is -0.493 e. The van der Waals surface area contributed by atoms with Crippen molar-refractivity contribution < 1.29 is 14.3 Å². The second kappa shape index (κ2) is 9.28. The van der Waals surface area contributed by atoms with Crippen LogP contribution in [0.1, 0.15) is 39.2 Å². The van der Waals surface area contributed by atoms with Crippen molar-refractivity contribution in [3.05, 3.63) is 23.8 Å². The van der Waals surface area contributed by atoms with Gasteiger partial charge in [-0.05, 0) is 52.1 Å². The highest BCUT2D eigenvalue weighted by Crippen LogP contribution is 2.34. The summed E-state index contributed by atoms with van der Waals surface area (Å²) in [6.07, 6.45) is 1.57. The summed E-state index contributed by atoms with van der Waals surface area (Å²) < 4.78 is 11.1. The number of amides is 1. The summed E-state index contributed by atoms with van der Waals surface area (Å²) in [4.78, 5) is 14.6. The molecule has 1 aromatic rings. The number of thioether (sulfide) groups is 1. The molecule has 0 bridgehead atoms. The summed E-state index contributed by atoms with van der Waals surface area (Å²) in [5, 5.41) is 6.40. The lowest BCUT2D eigenvalue weighted by molar-refractivity contribution is 0.114. The van der Waals surface area contributed by atoms with E-state index in [9.17, 15) is 4.79 Å². The van der Waals surface area contributed by atoms with Crippen LogP contribution < -0.4 is 9.47 Å². The molecule has 1 amide bonds. The Hall–Kier alpha value is -1.73. The van der Waals surface area contributed by atoms with Gasteiger partial charge in [-0.25, -0.2) is 5.01 Å². The molecule has 0 aromatic heterocycles. The molecule has 0 spiro atoms. The van der Waals surface area contributed by atoms with Crippen molar-refractivity contribution in [3.63, 3.8) is 0 Å². The second-order valence-electron chi connectivity index (χ2n) is 6.26. The maximum atomic E-state index is 12.6. The van der Waals surface area contributed by atoms with Crippen LogP contribution in [0.3, 0.4) is 0 Å². The van der Waals surface area contributed by atoms with E-state index in [1.807, 2.05) is 44.1 Å². The lowest BCUT2D eigenvalue weighted by atomic mass is 10.0. The van der Waals surface area contributed by atoms with Crippen molar-refractivity contribution in [2.75, 3.05) is 27.8 Å². The Morgan fingerprint density at radius 1 is 1.27 bits per heavy atom. The zero-order valence-electron chi connectivity index (χ0n) is 16.5. The van der Waals surface area contributed by atoms with Gasteiger partial charge < -0.3 is 9.47 Å². The molecule has 0 saturated carbocycles. The van der Waals surface area contributed by atoms with Crippen LogP contribution in [0.5, 0.6) is 11.5 Å². The van der Waals surface area contributed by atoms with Crippen LogP contribution in [0.2, 0.25) is 0 Å². The topological polar surface area (TPSA) is 54.4 Å². The molecule has 7 heteroatoms. The van der Waals surface area contributed by atoms with Crippen molar-refractivity contribution in [1.29, 1.82) is 0 Å². The Morgan fingerprint density at radius 3 is 2.54 bits per heavy atom. The molecule has 6 nitrogen and oxygen atoms in total. The molecule has 1 aromatic carbocycles. The third-order valence-electron chi connectivity index (χ3n) is 4.32. The standard InChI is InChI=1S/C19H29N3O3S/c1-7-16-18(13-10-11-14(25-9-3)15(12-13)24-6)20-22(19(23)26-16)17(8-2)21(4)5/h10-12,16-17H,7-9H2,1-6H3. The number of hydrazone groups is 1. The molecular formula is C19H29N3O3S. The van der Waals surface area contributed by atoms with E-state index in [1.165, 1.54) is 11.8 Å². The molecule has 0 N–H and O–H groups in total. The van der Waals surface area contributed by atoms with Gasteiger partial charge in [0.2, 0.25) is 0 Å². The van der Waals surface area contributed by atoms with Crippen LogP contribution in [0, 0.1) is 0 Å². The third kappa shape index (κ3) is 4.32. The molecule has 2 atom stereocenters. The van der Waals surface area contributed by atoms with Gasteiger partial charge in [0.1, 0.15) is 6.17 Å². The first kappa shape index (κ1) is 20.6. The van der Waals surface area contributed by atoms with Crippen LogP contribution >= 0.6 is 11.8 Å². The van der Waals surface area contributed by atoms with Crippen molar-refractivity contribution in [2.24, 2.45) is 5.10 Å². The average Bonchev–Trinajstić information content (AvgIpc) is 2.63. The fourth-order valence-corrected chi connectivity index (χ4v) is 4.00. The first-order valence-corrected chi connectivity index (χ1v) is 9.90. The van der Waals surface area contributed by atoms with Gasteiger partial charge in [-0.15, -0.1) is 0 Å². The number of benzene rings is 1. The zero-order valence-corrected chi connectivity index (χ0v) is 17.3. The number of rotatable bonds is 8. The number of carbonyl (C=O) groups excluding carboxylic acids is 1. The highest BCUT2D eigenvalue weighted by Gasteiger charge is 2.34. The fourth-order valence-electron chi connectivity index (χ4n) is 3.02. The average molecular weight is 380 g/mol. The van der Waals surface area contributed by atoms with E-state index in [-0.39, 0.29) is 16.7 Å². The molecule has 0 aliphatic carbocycles. The van der Waals surface area contributed by atoms with Gasteiger partial charge >= 0.3 is 5.24 Å². The van der Waals surface area contributed by atoms with Gasteiger partial charge in [0.25, 0.3) is 0 Å². The highest BCUT2D eigenvalue weighted by molar-refractivity contribution is 8.14. The van der Waals surface area contributed by atoms with Gasteiger partial charge in [0, 0.05) is 5.56 Å². The maximum absolute atomic E-state index is 12.6. The first-order chi connectivity index (χ1) is 12.5. The Labute approximate surface area is 160 Å². The van der Waals surface area contributed by atoms with Crippen molar-refractivity contribution in [3.8, 4) is 11.5 Å². The summed E-state index contributed by atoms with van der Waals surface area (Å²) in [6.45, 7) is 6.65. The summed E-state index contributed by atoms with van der Waals surface area (Å²) >= 11 is 1.34. The van der Waals surface area contributed by atoms with Gasteiger partial charge in [0.15, 0.2) is 11.5 Å². The Morgan fingerprint density at radius 2 is 2.00 bits per heavy atom. The predicted molar refractivity (Wildman–Crippen MR) is 107 cm³/mol. The fraction of sp³-hybridized carbons (Fsp3) is 0.579. The zero-order chi connectivity index (χ0) is 19.3. The Kier molecular flexibility index (Phi) is 7.34. The quantitative estimate of drug-likeness (QED) is 0.682. The van der Waals surface area contributed by atoms with Gasteiger partial charge in [0.05, 0.1) is 24.7 Å². The molecule has 2 unspecified atom stereocenters. The molecule has 2 rings (SSSR count). The second-order valence-corrected chi connectivity index (χ2v) is 7.42. The van der Waals surface area contributed by atoms with E-state index >= 15 is 0 Å². The molecule has 144 valence electrons. The molecule has 1 heterocycles.